The number of hydrogen-bond donors (Lipinski definition) is 1. The molecule has 0 amide bonds. The Hall–Kier alpha value is -1.00. The van der Waals surface area contributed by atoms with Crippen LogP contribution in [0.2, 0.25) is 0 Å². The Morgan fingerprint density at radius 3 is 2.17 bits per heavy atom. The number of nitrogens with zero attached hydrogens (tertiary/aromatic N) is 2. The van der Waals surface area contributed by atoms with E-state index >= 15 is 0 Å². The van der Waals surface area contributed by atoms with Gasteiger partial charge >= 0.3 is 0 Å². The van der Waals surface area contributed by atoms with E-state index in [1.807, 2.05) is 12.1 Å². The van der Waals surface area contributed by atoms with Gasteiger partial charge in [-0.15, -0.1) is 0 Å². The van der Waals surface area contributed by atoms with Gasteiger partial charge < -0.3 is 5.32 Å². The van der Waals surface area contributed by atoms with Crippen LogP contribution in [-0.4, -0.2) is 70.0 Å². The average Bonchev–Trinajstić information content (AvgIpc) is 2.75. The van der Waals surface area contributed by atoms with Crippen molar-refractivity contribution >= 4 is 20.0 Å². The fourth-order valence-electron chi connectivity index (χ4n) is 4.40. The molecular weight excluding hydrogens is 422 g/mol. The van der Waals surface area contributed by atoms with E-state index < -0.39 is 20.0 Å². The van der Waals surface area contributed by atoms with Crippen LogP contribution >= 0.6 is 0 Å². The monoisotopic (exact) mass is 457 g/mol. The van der Waals surface area contributed by atoms with E-state index in [1.165, 1.54) is 33.4 Å². The molecule has 1 N–H and O–H groups in total. The van der Waals surface area contributed by atoms with Gasteiger partial charge in [0.25, 0.3) is 0 Å². The van der Waals surface area contributed by atoms with Crippen molar-refractivity contribution in [2.75, 3.05) is 38.5 Å². The zero-order valence-corrected chi connectivity index (χ0v) is 19.7. The topological polar surface area (TPSA) is 86.8 Å². The highest BCUT2D eigenvalue weighted by Gasteiger charge is 2.31. The van der Waals surface area contributed by atoms with Gasteiger partial charge in [0.1, 0.15) is 0 Å². The number of piperazine rings is 1. The van der Waals surface area contributed by atoms with Gasteiger partial charge in [-0.1, -0.05) is 31.4 Å². The molecule has 0 aromatic heterocycles. The molecule has 2 fully saturated rings. The first-order valence-corrected chi connectivity index (χ1v) is 14.1. The van der Waals surface area contributed by atoms with Crippen LogP contribution in [-0.2, 0) is 20.0 Å². The Labute approximate surface area is 181 Å². The normalized spacial score (nSPS) is 20.1. The highest BCUT2D eigenvalue weighted by molar-refractivity contribution is 7.90. The summed E-state index contributed by atoms with van der Waals surface area (Å²) in [7, 11) is -7.25. The lowest BCUT2D eigenvalue weighted by Crippen LogP contribution is -2.49. The third kappa shape index (κ3) is 5.62. The number of hydrogen-bond acceptors (Lipinski definition) is 5. The molecule has 1 aromatic carbocycles. The second kappa shape index (κ2) is 10.1. The maximum Gasteiger partial charge on any atom is 0.243 e. The molecule has 2 aliphatic rings. The molecule has 1 aromatic rings. The largest absolute Gasteiger partial charge is 0.314 e. The summed E-state index contributed by atoms with van der Waals surface area (Å²) in [6.45, 7) is 5.63. The summed E-state index contributed by atoms with van der Waals surface area (Å²) in [5.74, 6) is 0.311. The van der Waals surface area contributed by atoms with Gasteiger partial charge in [-0.05, 0) is 50.3 Å². The Morgan fingerprint density at radius 2 is 1.60 bits per heavy atom. The Morgan fingerprint density at radius 1 is 1.00 bits per heavy atom. The summed E-state index contributed by atoms with van der Waals surface area (Å²) in [4.78, 5) is 0.232. The molecule has 1 saturated carbocycles. The van der Waals surface area contributed by atoms with Crippen molar-refractivity contribution in [2.24, 2.45) is 0 Å². The van der Waals surface area contributed by atoms with Crippen LogP contribution in [0.3, 0.4) is 0 Å². The Kier molecular flexibility index (Phi) is 7.95. The van der Waals surface area contributed by atoms with E-state index in [4.69, 9.17) is 0 Å². The second-order valence-corrected chi connectivity index (χ2v) is 12.6. The Balaban J connectivity index is 1.72. The van der Waals surface area contributed by atoms with Crippen molar-refractivity contribution in [3.8, 4) is 0 Å². The summed E-state index contributed by atoms with van der Waals surface area (Å²) in [6.07, 6.45) is 6.06. The first-order chi connectivity index (χ1) is 14.2. The maximum atomic E-state index is 13.3. The first kappa shape index (κ1) is 23.7. The maximum absolute atomic E-state index is 13.3. The second-order valence-electron chi connectivity index (χ2n) is 8.58. The molecule has 1 saturated heterocycles. The lowest BCUT2D eigenvalue weighted by Gasteiger charge is -2.29. The van der Waals surface area contributed by atoms with Gasteiger partial charge in [-0.3, -0.25) is 0 Å². The molecule has 9 heteroatoms. The average molecular weight is 458 g/mol. The van der Waals surface area contributed by atoms with Crippen molar-refractivity contribution in [1.82, 2.24) is 13.9 Å². The summed E-state index contributed by atoms with van der Waals surface area (Å²) >= 11 is 0. The zero-order valence-electron chi connectivity index (χ0n) is 18.1. The molecule has 1 aliphatic carbocycles. The molecule has 0 atom stereocenters. The molecule has 1 aliphatic heterocycles. The molecule has 7 nitrogen and oxygen atoms in total. The molecule has 0 spiro atoms. The minimum Gasteiger partial charge on any atom is -0.314 e. The van der Waals surface area contributed by atoms with Crippen LogP contribution in [0.4, 0.5) is 0 Å². The van der Waals surface area contributed by atoms with Crippen molar-refractivity contribution in [3.63, 3.8) is 0 Å². The standard InChI is InChI=1S/C21H35N3O4S2/c1-18(2)24(16-17-29(25,26)23-14-12-22-13-15-23)30(27,28)21-10-8-20(9-11-21)19-6-4-3-5-7-19/h8-11,18-19,22H,3-7,12-17H2,1-2H3. The van der Waals surface area contributed by atoms with E-state index in [-0.39, 0.29) is 23.2 Å². The summed E-state index contributed by atoms with van der Waals surface area (Å²) in [5, 5.41) is 3.13. The van der Waals surface area contributed by atoms with E-state index in [1.54, 1.807) is 26.0 Å². The first-order valence-electron chi connectivity index (χ1n) is 11.0. The number of rotatable bonds is 8. The lowest BCUT2D eigenvalue weighted by molar-refractivity contribution is 0.346. The number of sulfonamides is 2. The minimum absolute atomic E-state index is 0.0450. The van der Waals surface area contributed by atoms with Gasteiger partial charge in [0.2, 0.25) is 20.0 Å². The smallest absolute Gasteiger partial charge is 0.243 e. The quantitative estimate of drug-likeness (QED) is 0.648. The SMILES string of the molecule is CC(C)N(CCS(=O)(=O)N1CCNCC1)S(=O)(=O)c1ccc(C2CCCCC2)cc1. The van der Waals surface area contributed by atoms with E-state index in [0.717, 1.165) is 12.8 Å². The molecule has 30 heavy (non-hydrogen) atoms. The molecule has 170 valence electrons. The van der Waals surface area contributed by atoms with Crippen LogP contribution in [0, 0.1) is 0 Å². The summed E-state index contributed by atoms with van der Waals surface area (Å²) in [5.41, 5.74) is 1.20. The third-order valence-electron chi connectivity index (χ3n) is 6.18. The van der Waals surface area contributed by atoms with Gasteiger partial charge in [-0.2, -0.15) is 8.61 Å². The molecular formula is C21H35N3O4S2. The zero-order chi connectivity index (χ0) is 21.8. The van der Waals surface area contributed by atoms with Crippen molar-refractivity contribution in [3.05, 3.63) is 29.8 Å². The summed E-state index contributed by atoms with van der Waals surface area (Å²) in [6, 6.07) is 6.89. The van der Waals surface area contributed by atoms with Crippen LogP contribution in [0.15, 0.2) is 29.2 Å². The van der Waals surface area contributed by atoms with E-state index in [2.05, 4.69) is 5.32 Å². The minimum atomic E-state index is -3.76. The molecule has 0 radical (unpaired) electrons. The van der Waals surface area contributed by atoms with Crippen molar-refractivity contribution < 1.29 is 16.8 Å². The van der Waals surface area contributed by atoms with Crippen LogP contribution in [0.5, 0.6) is 0 Å². The molecule has 3 rings (SSSR count). The van der Waals surface area contributed by atoms with Gasteiger partial charge in [-0.25, -0.2) is 16.8 Å². The van der Waals surface area contributed by atoms with Crippen molar-refractivity contribution in [2.45, 2.75) is 62.8 Å². The number of benzene rings is 1. The van der Waals surface area contributed by atoms with Crippen LogP contribution in [0.1, 0.15) is 57.4 Å². The third-order valence-corrected chi connectivity index (χ3v) is 10.1. The van der Waals surface area contributed by atoms with Crippen LogP contribution in [0.25, 0.3) is 0 Å². The van der Waals surface area contributed by atoms with Gasteiger partial charge in [0.05, 0.1) is 10.6 Å². The molecule has 0 bridgehead atoms. The van der Waals surface area contributed by atoms with E-state index in [0.29, 0.717) is 32.1 Å². The molecule has 1 heterocycles. The summed E-state index contributed by atoms with van der Waals surface area (Å²) < 4.78 is 54.6. The van der Waals surface area contributed by atoms with Gasteiger partial charge in [0, 0.05) is 38.8 Å². The van der Waals surface area contributed by atoms with E-state index in [9.17, 15) is 16.8 Å². The Bertz CT molecular complexity index is 887. The lowest BCUT2D eigenvalue weighted by atomic mass is 9.84. The highest BCUT2D eigenvalue weighted by atomic mass is 32.2. The number of nitrogens with one attached hydrogen (secondary N) is 1. The fourth-order valence-corrected chi connectivity index (χ4v) is 7.57. The highest BCUT2D eigenvalue weighted by Crippen LogP contribution is 2.33. The van der Waals surface area contributed by atoms with Crippen molar-refractivity contribution in [1.29, 1.82) is 0 Å². The predicted octanol–water partition coefficient (Wildman–Crippen LogP) is 2.37. The fraction of sp³-hybridized carbons (Fsp3) is 0.714. The predicted molar refractivity (Wildman–Crippen MR) is 120 cm³/mol. The molecule has 0 unspecified atom stereocenters. The van der Waals surface area contributed by atoms with Gasteiger partial charge in [0.15, 0.2) is 0 Å². The van der Waals surface area contributed by atoms with Crippen LogP contribution < -0.4 is 5.32 Å².